The van der Waals surface area contributed by atoms with Gasteiger partial charge in [-0.1, -0.05) is 48.5 Å². The Morgan fingerprint density at radius 3 is 1.63 bits per heavy atom. The van der Waals surface area contributed by atoms with Gasteiger partial charge in [0, 0.05) is 66.7 Å². The Labute approximate surface area is 394 Å². The number of hydrogen-bond acceptors (Lipinski definition) is 13. The van der Waals surface area contributed by atoms with E-state index in [1.165, 1.54) is 12.4 Å². The lowest BCUT2D eigenvalue weighted by molar-refractivity contribution is -0.140. The van der Waals surface area contributed by atoms with Crippen molar-refractivity contribution in [3.63, 3.8) is 0 Å². The maximum Gasteiger partial charge on any atom is 0.306 e. The second-order valence-corrected chi connectivity index (χ2v) is 16.3. The zero-order valence-corrected chi connectivity index (χ0v) is 37.9. The van der Waals surface area contributed by atoms with Crippen LogP contribution in [0.4, 0.5) is 0 Å². The zero-order chi connectivity index (χ0) is 48.4. The van der Waals surface area contributed by atoms with Crippen LogP contribution in [-0.2, 0) is 49.0 Å². The van der Waals surface area contributed by atoms with Crippen molar-refractivity contribution in [2.45, 2.75) is 91.1 Å². The Morgan fingerprint density at radius 2 is 1.12 bits per heavy atom. The summed E-state index contributed by atoms with van der Waals surface area (Å²) in [5, 5.41) is 60.0. The maximum atomic E-state index is 11.0. The van der Waals surface area contributed by atoms with E-state index in [0.717, 1.165) is 50.1 Å². The van der Waals surface area contributed by atoms with E-state index in [-0.39, 0.29) is 45.8 Å². The van der Waals surface area contributed by atoms with Gasteiger partial charge >= 0.3 is 11.9 Å². The number of aliphatic hydroxyl groups excluding tert-OH is 2. The summed E-state index contributed by atoms with van der Waals surface area (Å²) in [6.45, 7) is 5.32. The molecule has 2 atom stereocenters. The largest absolute Gasteiger partial charge is 0.489 e. The number of aromatic nitrogens is 2. The fourth-order valence-electron chi connectivity index (χ4n) is 7.51. The molecule has 2 aromatic heterocycles. The molecule has 0 aliphatic heterocycles. The van der Waals surface area contributed by atoms with Gasteiger partial charge in [0.05, 0.1) is 36.2 Å². The minimum Gasteiger partial charge on any atom is -0.489 e. The number of pyridine rings is 2. The Hall–Kier alpha value is -7.82. The van der Waals surface area contributed by atoms with Crippen molar-refractivity contribution in [1.82, 2.24) is 15.3 Å². The number of nitriles is 2. The molecule has 2 heterocycles. The van der Waals surface area contributed by atoms with Crippen molar-refractivity contribution < 1.29 is 49.0 Å². The molecular weight excluding hydrogens is 867 g/mol. The van der Waals surface area contributed by atoms with Gasteiger partial charge in [-0.05, 0) is 96.3 Å². The average Bonchev–Trinajstić information content (AvgIpc) is 3.32. The second-order valence-electron chi connectivity index (χ2n) is 16.3. The molecule has 15 heteroatoms. The highest BCUT2D eigenvalue weighted by Gasteiger charge is 2.16. The van der Waals surface area contributed by atoms with Crippen molar-refractivity contribution in [2.24, 2.45) is 0 Å². The van der Waals surface area contributed by atoms with Gasteiger partial charge in [-0.2, -0.15) is 10.5 Å². The summed E-state index contributed by atoms with van der Waals surface area (Å²) in [7, 11) is 0. The molecular formula is C53H53N5O10. The lowest BCUT2D eigenvalue weighted by atomic mass is 9.92. The summed E-state index contributed by atoms with van der Waals surface area (Å²) in [4.78, 5) is 30.3. The number of aliphatic hydroxyl groups is 2. The number of carboxylic acids is 2. The Bertz CT molecular complexity index is 2600. The third kappa shape index (κ3) is 14.6. The number of aliphatic carboxylic acids is 2. The number of aryl methyl sites for hydroxylation is 1. The van der Waals surface area contributed by atoms with Crippen molar-refractivity contribution >= 4 is 11.9 Å². The van der Waals surface area contributed by atoms with E-state index in [0.29, 0.717) is 65.5 Å². The first-order chi connectivity index (χ1) is 32.9. The molecule has 15 nitrogen and oxygen atoms in total. The summed E-state index contributed by atoms with van der Waals surface area (Å²) in [5.74, 6) is 0.0764. The lowest BCUT2D eigenvalue weighted by Gasteiger charge is -2.18. The Kier molecular flexibility index (Phi) is 18.0. The molecule has 0 fully saturated rings. The number of nitrogens with zero attached hydrogens (tertiary/aromatic N) is 4. The van der Waals surface area contributed by atoms with Crippen LogP contribution in [0, 0.1) is 36.5 Å². The van der Waals surface area contributed by atoms with Gasteiger partial charge in [0.25, 0.3) is 0 Å². The molecule has 0 aliphatic carbocycles. The van der Waals surface area contributed by atoms with Gasteiger partial charge < -0.3 is 44.7 Å². The predicted octanol–water partition coefficient (Wildman–Crippen LogP) is 7.90. The van der Waals surface area contributed by atoms with Crippen LogP contribution in [-0.4, -0.2) is 61.1 Å². The first kappa shape index (κ1) is 49.6. The standard InChI is InChI=1S/C53H53N5O10/c1-34-42(32-65-46-14-12-40(6-3-9-44(59)18-52(61)62)50(20-46)67-30-38-16-36(22-54)24-56-26-38)7-4-10-48(34)49-11-5-8-43(35(49)2)33-66-47-15-13-41(28-58-29-45(60)19-53(63)64)51(21-47)68-31-39-17-37(23-55)25-57-27-39/h4-5,7-8,10-17,20-21,24-27,44-45,58-60H,3,6,9,18-19,28-33H2,1-2H3,(H,61,62)(H,63,64)/t44-,45+/m1/s1. The number of hydrogen-bond donors (Lipinski definition) is 5. The second kappa shape index (κ2) is 24.6. The van der Waals surface area contributed by atoms with Gasteiger partial charge in [0.1, 0.15) is 61.6 Å². The highest BCUT2D eigenvalue weighted by molar-refractivity contribution is 5.72. The van der Waals surface area contributed by atoms with Gasteiger partial charge in [-0.15, -0.1) is 0 Å². The number of rotatable bonds is 25. The molecule has 0 radical (unpaired) electrons. The highest BCUT2D eigenvalue weighted by atomic mass is 16.5. The number of ether oxygens (including phenoxy) is 4. The van der Waals surface area contributed by atoms with Gasteiger partial charge in [-0.25, -0.2) is 0 Å². The number of benzene rings is 4. The molecule has 0 spiro atoms. The van der Waals surface area contributed by atoms with E-state index in [2.05, 4.69) is 53.4 Å². The first-order valence-electron chi connectivity index (χ1n) is 22.0. The number of carboxylic acid groups (broad SMARTS) is 2. The molecule has 4 aromatic carbocycles. The molecule has 0 amide bonds. The van der Waals surface area contributed by atoms with Crippen molar-refractivity contribution in [1.29, 1.82) is 10.5 Å². The van der Waals surface area contributed by atoms with E-state index < -0.39 is 24.1 Å². The summed E-state index contributed by atoms with van der Waals surface area (Å²) >= 11 is 0. The van der Waals surface area contributed by atoms with E-state index in [1.54, 1.807) is 30.6 Å². The van der Waals surface area contributed by atoms with Crippen molar-refractivity contribution in [2.75, 3.05) is 6.54 Å². The number of carbonyl (C=O) groups is 2. The smallest absolute Gasteiger partial charge is 0.306 e. The van der Waals surface area contributed by atoms with Crippen LogP contribution in [0.5, 0.6) is 23.0 Å². The summed E-state index contributed by atoms with van der Waals surface area (Å²) in [6, 6.07) is 30.8. The normalized spacial score (nSPS) is 11.7. The van der Waals surface area contributed by atoms with Gasteiger partial charge in [0.2, 0.25) is 0 Å². The average molecular weight is 920 g/mol. The molecule has 0 unspecified atom stereocenters. The molecule has 0 saturated heterocycles. The molecule has 6 rings (SSSR count). The van der Waals surface area contributed by atoms with Gasteiger partial charge in [-0.3, -0.25) is 19.6 Å². The van der Waals surface area contributed by atoms with Crippen LogP contribution in [0.25, 0.3) is 11.1 Å². The van der Waals surface area contributed by atoms with E-state index in [4.69, 9.17) is 29.2 Å². The molecule has 6 aromatic rings. The fraction of sp³-hybridized carbons (Fsp3) is 0.283. The minimum absolute atomic E-state index is 0.0719. The van der Waals surface area contributed by atoms with Crippen molar-refractivity contribution in [3.05, 3.63) is 165 Å². The lowest BCUT2D eigenvalue weighted by Crippen LogP contribution is -2.28. The summed E-state index contributed by atoms with van der Waals surface area (Å²) in [5.41, 5.74) is 10.00. The molecule has 350 valence electrons. The number of nitrogens with one attached hydrogen (secondary N) is 1. The minimum atomic E-state index is -1.09. The predicted molar refractivity (Wildman–Crippen MR) is 251 cm³/mol. The van der Waals surface area contributed by atoms with E-state index in [1.807, 2.05) is 54.6 Å². The van der Waals surface area contributed by atoms with Crippen LogP contribution < -0.4 is 24.3 Å². The van der Waals surface area contributed by atoms with Crippen molar-refractivity contribution in [3.8, 4) is 46.3 Å². The van der Waals surface area contributed by atoms with Crippen LogP contribution in [0.1, 0.15) is 81.3 Å². The van der Waals surface area contributed by atoms with Crippen LogP contribution in [0.2, 0.25) is 0 Å². The Balaban J connectivity index is 1.15. The first-order valence-corrected chi connectivity index (χ1v) is 22.0. The third-order valence-electron chi connectivity index (χ3n) is 11.2. The van der Waals surface area contributed by atoms with E-state index >= 15 is 0 Å². The summed E-state index contributed by atoms with van der Waals surface area (Å²) < 4.78 is 25.2. The highest BCUT2D eigenvalue weighted by Crippen LogP contribution is 2.33. The molecule has 0 bridgehead atoms. The fourth-order valence-corrected chi connectivity index (χ4v) is 7.51. The van der Waals surface area contributed by atoms with Crippen LogP contribution in [0.15, 0.2) is 110 Å². The van der Waals surface area contributed by atoms with Crippen LogP contribution in [0.3, 0.4) is 0 Å². The monoisotopic (exact) mass is 919 g/mol. The van der Waals surface area contributed by atoms with Gasteiger partial charge in [0.15, 0.2) is 0 Å². The quantitative estimate of drug-likeness (QED) is 0.0367. The van der Waals surface area contributed by atoms with Crippen LogP contribution >= 0.6 is 0 Å². The topological polar surface area (TPSA) is 237 Å². The molecule has 0 aliphatic rings. The van der Waals surface area contributed by atoms with E-state index in [9.17, 15) is 30.3 Å². The molecule has 5 N–H and O–H groups in total. The maximum absolute atomic E-state index is 11.0. The molecule has 68 heavy (non-hydrogen) atoms. The Morgan fingerprint density at radius 1 is 0.618 bits per heavy atom. The molecule has 0 saturated carbocycles. The zero-order valence-electron chi connectivity index (χ0n) is 37.9. The summed E-state index contributed by atoms with van der Waals surface area (Å²) in [6.07, 6.45) is 4.93. The SMILES string of the molecule is Cc1c(COc2ccc(CCC[C@@H](O)CC(=O)O)c(OCc3cncc(C#N)c3)c2)cccc1-c1cccc(COc2ccc(CNC[C@@H](O)CC(=O)O)c(OCc3cncc(C#N)c3)c2)c1C. The third-order valence-corrected chi connectivity index (χ3v) is 11.2.